The highest BCUT2D eigenvalue weighted by Crippen LogP contribution is 2.32. The third kappa shape index (κ3) is 4.54. The molecule has 5 aromatic rings. The van der Waals surface area contributed by atoms with E-state index in [2.05, 4.69) is 45.0 Å². The molecule has 8 nitrogen and oxygen atoms in total. The smallest absolute Gasteiger partial charge is 0.235 e. The Morgan fingerprint density at radius 3 is 2.86 bits per heavy atom. The van der Waals surface area contributed by atoms with Gasteiger partial charge in [0.2, 0.25) is 15.9 Å². The van der Waals surface area contributed by atoms with Crippen LogP contribution in [-0.2, 0) is 23.6 Å². The maximum Gasteiger partial charge on any atom is 0.235 e. The molecular weight excluding hydrogens is 506 g/mol. The van der Waals surface area contributed by atoms with Crippen LogP contribution in [0.15, 0.2) is 59.2 Å². The molecule has 0 aliphatic rings. The Bertz CT molecular complexity index is 1900. The van der Waals surface area contributed by atoms with Crippen LogP contribution < -0.4 is 15.3 Å². The van der Waals surface area contributed by atoms with Crippen LogP contribution in [0.25, 0.3) is 44.6 Å². The average Bonchev–Trinajstić information content (AvgIpc) is 3.57. The molecule has 0 aliphatic carbocycles. The topological polar surface area (TPSA) is 102 Å². The summed E-state index contributed by atoms with van der Waals surface area (Å²) >= 11 is 1.69. The molecule has 0 amide bonds. The quantitative estimate of drug-likeness (QED) is 0.306. The normalized spacial score (nSPS) is 13.2. The Balaban J connectivity index is 1.73. The summed E-state index contributed by atoms with van der Waals surface area (Å²) in [6.07, 6.45) is 5.06. The average molecular weight is 534 g/mol. The van der Waals surface area contributed by atoms with Crippen LogP contribution in [0.3, 0.4) is 0 Å². The predicted molar refractivity (Wildman–Crippen MR) is 153 cm³/mol. The number of aromatic nitrogens is 3. The van der Waals surface area contributed by atoms with Gasteiger partial charge in [0.15, 0.2) is 0 Å². The van der Waals surface area contributed by atoms with Gasteiger partial charge in [-0.1, -0.05) is 24.8 Å². The molecule has 2 aromatic carbocycles. The van der Waals surface area contributed by atoms with Crippen molar-refractivity contribution >= 4 is 66.7 Å². The molecule has 2 N–H and O–H groups in total. The lowest BCUT2D eigenvalue weighted by Gasteiger charge is -2.11. The Kier molecular flexibility index (Phi) is 6.38. The number of rotatable bonds is 7. The van der Waals surface area contributed by atoms with Gasteiger partial charge in [-0.2, -0.15) is 5.10 Å². The van der Waals surface area contributed by atoms with E-state index in [0.29, 0.717) is 28.2 Å². The van der Waals surface area contributed by atoms with Crippen LogP contribution in [0.5, 0.6) is 0 Å². The number of aliphatic imine (C=N–C) groups is 1. The second-order valence-electron chi connectivity index (χ2n) is 8.71. The molecule has 0 saturated carbocycles. The minimum Gasteiger partial charge on any atom is -0.492 e. The lowest BCUT2D eigenvalue weighted by atomic mass is 10.0. The fourth-order valence-corrected chi connectivity index (χ4v) is 6.08. The van der Waals surface area contributed by atoms with E-state index in [1.54, 1.807) is 49.1 Å². The van der Waals surface area contributed by atoms with Gasteiger partial charge < -0.3 is 9.67 Å². The van der Waals surface area contributed by atoms with Gasteiger partial charge in [0.25, 0.3) is 0 Å². The van der Waals surface area contributed by atoms with Crippen molar-refractivity contribution in [3.63, 3.8) is 0 Å². The van der Waals surface area contributed by atoms with E-state index in [9.17, 15) is 13.5 Å². The molecule has 10 heteroatoms. The number of benzene rings is 2. The summed E-state index contributed by atoms with van der Waals surface area (Å²) in [6.45, 7) is 8.04. The number of nitrogens with zero attached hydrogens (tertiary/aromatic N) is 4. The van der Waals surface area contributed by atoms with Gasteiger partial charge in [-0.15, -0.1) is 11.3 Å². The monoisotopic (exact) mass is 533 g/mol. The van der Waals surface area contributed by atoms with Gasteiger partial charge >= 0.3 is 0 Å². The van der Waals surface area contributed by atoms with E-state index in [0.717, 1.165) is 22.2 Å². The first-order valence-electron chi connectivity index (χ1n) is 11.7. The summed E-state index contributed by atoms with van der Waals surface area (Å²) in [6, 6.07) is 12.1. The minimum atomic E-state index is -3.54. The van der Waals surface area contributed by atoms with E-state index in [1.165, 1.54) is 16.3 Å². The molecular formula is C27H27N5O3S2. The number of anilines is 1. The fourth-order valence-electron chi connectivity index (χ4n) is 4.52. The van der Waals surface area contributed by atoms with Crippen LogP contribution in [0, 0.1) is 0 Å². The Morgan fingerprint density at radius 2 is 2.11 bits per heavy atom. The predicted octanol–water partition coefficient (Wildman–Crippen LogP) is 4.19. The number of hydrogen-bond donors (Lipinski definition) is 2. The molecule has 0 fully saturated rings. The minimum absolute atomic E-state index is 0.0544. The van der Waals surface area contributed by atoms with Gasteiger partial charge in [0, 0.05) is 40.3 Å². The Morgan fingerprint density at radius 1 is 1.30 bits per heavy atom. The SMILES string of the molecule is C=c1c(-c2cc(NS(=O)(=O)CC)c3cnn(Cc4cccc5ccsc45)c3c2)cn(C)/c1=C(O)/N=C\C. The summed E-state index contributed by atoms with van der Waals surface area (Å²) in [5.41, 5.74) is 3.86. The molecule has 3 heterocycles. The zero-order chi connectivity index (χ0) is 26.3. The van der Waals surface area contributed by atoms with Crippen molar-refractivity contribution < 1.29 is 13.5 Å². The van der Waals surface area contributed by atoms with Crippen LogP contribution >= 0.6 is 11.3 Å². The number of aryl methyl sites for hydroxylation is 1. The standard InChI is InChI=1S/C27H27N5O3S2/c1-5-28-27(33)25-17(3)22(16-31(25)4)20-12-23(30-37(34,35)6-2)21-14-29-32(24(21)13-20)15-19-9-7-8-18-10-11-36-26(18)19/h5,7-14,16,30,33H,3,6,15H2,1-2,4H3/b27-25-,28-5-. The van der Waals surface area contributed by atoms with Crippen molar-refractivity contribution in [2.75, 3.05) is 10.5 Å². The van der Waals surface area contributed by atoms with Crippen LogP contribution in [0.1, 0.15) is 19.4 Å². The number of aliphatic hydroxyl groups is 1. The number of thiophene rings is 1. The van der Waals surface area contributed by atoms with Gasteiger partial charge in [-0.25, -0.2) is 13.4 Å². The highest BCUT2D eigenvalue weighted by atomic mass is 32.2. The first kappa shape index (κ1) is 24.8. The number of fused-ring (bicyclic) bond motifs is 2. The molecule has 0 unspecified atom stereocenters. The summed E-state index contributed by atoms with van der Waals surface area (Å²) in [4.78, 5) is 4.01. The zero-order valence-electron chi connectivity index (χ0n) is 20.8. The summed E-state index contributed by atoms with van der Waals surface area (Å²) in [5, 5.41) is 20.1. The molecule has 37 heavy (non-hydrogen) atoms. The molecule has 0 saturated heterocycles. The van der Waals surface area contributed by atoms with E-state index < -0.39 is 10.0 Å². The lowest BCUT2D eigenvalue weighted by Crippen LogP contribution is -2.29. The van der Waals surface area contributed by atoms with Crippen molar-refractivity contribution in [2.45, 2.75) is 20.4 Å². The third-order valence-electron chi connectivity index (χ3n) is 6.35. The Hall–Kier alpha value is -3.89. The van der Waals surface area contributed by atoms with E-state index in [-0.39, 0.29) is 11.6 Å². The highest BCUT2D eigenvalue weighted by Gasteiger charge is 2.17. The lowest BCUT2D eigenvalue weighted by molar-refractivity contribution is 0.488. The first-order chi connectivity index (χ1) is 17.7. The van der Waals surface area contributed by atoms with Crippen molar-refractivity contribution in [1.82, 2.24) is 14.3 Å². The zero-order valence-corrected chi connectivity index (χ0v) is 22.4. The maximum absolute atomic E-state index is 12.6. The number of sulfonamides is 1. The summed E-state index contributed by atoms with van der Waals surface area (Å²) in [5.74, 6) is -0.190. The molecule has 3 aromatic heterocycles. The highest BCUT2D eigenvalue weighted by molar-refractivity contribution is 7.92. The van der Waals surface area contributed by atoms with Gasteiger partial charge in [0.1, 0.15) is 5.35 Å². The molecule has 0 radical (unpaired) electrons. The van der Waals surface area contributed by atoms with Crippen molar-refractivity contribution in [3.8, 4) is 11.1 Å². The number of hydrogen-bond acceptors (Lipinski definition) is 6. The van der Waals surface area contributed by atoms with E-state index in [4.69, 9.17) is 0 Å². The molecule has 0 atom stereocenters. The van der Waals surface area contributed by atoms with Gasteiger partial charge in [0.05, 0.1) is 29.7 Å². The fraction of sp³-hybridized carbons (Fsp3) is 0.185. The summed E-state index contributed by atoms with van der Waals surface area (Å²) in [7, 11) is -1.73. The molecule has 0 bridgehead atoms. The van der Waals surface area contributed by atoms with Crippen molar-refractivity contribution in [3.05, 3.63) is 70.3 Å². The number of aliphatic hydroxyl groups excluding tert-OH is 1. The van der Waals surface area contributed by atoms with E-state index in [1.807, 2.05) is 23.0 Å². The molecule has 5 rings (SSSR count). The van der Waals surface area contributed by atoms with Crippen LogP contribution in [0.2, 0.25) is 0 Å². The molecule has 0 spiro atoms. The maximum atomic E-state index is 12.6. The van der Waals surface area contributed by atoms with Crippen molar-refractivity contribution in [1.29, 1.82) is 0 Å². The van der Waals surface area contributed by atoms with Gasteiger partial charge in [-0.05, 0) is 53.9 Å². The third-order valence-corrected chi connectivity index (χ3v) is 8.65. The van der Waals surface area contributed by atoms with E-state index >= 15 is 0 Å². The largest absolute Gasteiger partial charge is 0.492 e. The number of nitrogens with one attached hydrogen (secondary N) is 1. The molecule has 190 valence electrons. The first-order valence-corrected chi connectivity index (χ1v) is 14.3. The van der Waals surface area contributed by atoms with Crippen molar-refractivity contribution in [2.24, 2.45) is 12.0 Å². The summed E-state index contributed by atoms with van der Waals surface area (Å²) < 4.78 is 32.7. The van der Waals surface area contributed by atoms with Gasteiger partial charge in [-0.3, -0.25) is 9.40 Å². The Labute approximate surface area is 218 Å². The second kappa shape index (κ2) is 9.53. The second-order valence-corrected chi connectivity index (χ2v) is 11.6. The van der Waals surface area contributed by atoms with Crippen LogP contribution in [0.4, 0.5) is 5.69 Å². The van der Waals surface area contributed by atoms with Crippen LogP contribution in [-0.4, -0.2) is 39.8 Å². The molecule has 0 aliphatic heterocycles.